The van der Waals surface area contributed by atoms with Crippen molar-refractivity contribution >= 4 is 38.7 Å². The normalized spacial score (nSPS) is 11.9. The van der Waals surface area contributed by atoms with Crippen molar-refractivity contribution in [1.29, 1.82) is 0 Å². The molecule has 158 valence electrons. The molecule has 31 heavy (non-hydrogen) atoms. The third kappa shape index (κ3) is 3.25. The number of aromatic nitrogens is 5. The molecule has 1 amide bonds. The first-order chi connectivity index (χ1) is 14.9. The number of hydrogen-bond donors (Lipinski definition) is 2. The summed E-state index contributed by atoms with van der Waals surface area (Å²) in [5.41, 5.74) is 5.33. The summed E-state index contributed by atoms with van der Waals surface area (Å²) < 4.78 is 4.04. The van der Waals surface area contributed by atoms with Crippen molar-refractivity contribution in [3.8, 4) is 11.3 Å². The highest BCUT2D eigenvalue weighted by Gasteiger charge is 2.17. The van der Waals surface area contributed by atoms with Crippen molar-refractivity contribution in [3.63, 3.8) is 0 Å². The number of carbonyl (C=O) groups excluding carboxylic acids is 1. The molecule has 0 spiro atoms. The van der Waals surface area contributed by atoms with E-state index in [4.69, 9.17) is 4.98 Å². The fourth-order valence-electron chi connectivity index (χ4n) is 4.11. The minimum Gasteiger partial charge on any atom is -0.351 e. The maximum atomic E-state index is 12.7. The molecular weight excluding hydrogens is 390 g/mol. The Kier molecular flexibility index (Phi) is 4.51. The molecule has 5 aromatic rings. The molecule has 4 aromatic heterocycles. The number of nitrogens with zero attached hydrogens (tertiary/aromatic N) is 5. The van der Waals surface area contributed by atoms with Crippen LogP contribution in [-0.2, 0) is 14.1 Å². The average Bonchev–Trinajstić information content (AvgIpc) is 3.42. The highest BCUT2D eigenvalue weighted by Crippen LogP contribution is 2.34. The van der Waals surface area contributed by atoms with Gasteiger partial charge in [-0.25, -0.2) is 9.97 Å². The molecule has 0 aliphatic carbocycles. The summed E-state index contributed by atoms with van der Waals surface area (Å²) >= 11 is 0. The average molecular weight is 416 g/mol. The Hall–Kier alpha value is -3.65. The Bertz CT molecular complexity index is 1440. The van der Waals surface area contributed by atoms with E-state index >= 15 is 0 Å². The molecule has 0 unspecified atom stereocenters. The van der Waals surface area contributed by atoms with Crippen LogP contribution in [0, 0.1) is 0 Å². The Balaban J connectivity index is 1.59. The van der Waals surface area contributed by atoms with Crippen LogP contribution < -0.4 is 5.32 Å². The monoisotopic (exact) mass is 415 g/mol. The number of likely N-dealkylation sites (N-methyl/N-ethyl adjacent to an activating group) is 1. The zero-order valence-electron chi connectivity index (χ0n) is 18.1. The van der Waals surface area contributed by atoms with Crippen molar-refractivity contribution in [3.05, 3.63) is 48.4 Å². The lowest BCUT2D eigenvalue weighted by atomic mass is 10.1. The van der Waals surface area contributed by atoms with Crippen molar-refractivity contribution < 1.29 is 4.79 Å². The number of H-pyrrole nitrogens is 1. The van der Waals surface area contributed by atoms with Crippen molar-refractivity contribution in [2.75, 3.05) is 27.2 Å². The third-order valence-electron chi connectivity index (χ3n) is 5.72. The molecule has 0 aliphatic heterocycles. The predicted molar refractivity (Wildman–Crippen MR) is 123 cm³/mol. The Morgan fingerprint density at radius 1 is 1.19 bits per heavy atom. The van der Waals surface area contributed by atoms with Crippen LogP contribution in [0.3, 0.4) is 0 Å². The molecule has 2 N–H and O–H groups in total. The number of hydrogen-bond acceptors (Lipinski definition) is 4. The summed E-state index contributed by atoms with van der Waals surface area (Å²) in [6.45, 7) is 1.41. The predicted octanol–water partition coefficient (Wildman–Crippen LogP) is 2.90. The zero-order chi connectivity index (χ0) is 21.7. The maximum Gasteiger partial charge on any atom is 0.251 e. The maximum absolute atomic E-state index is 12.7. The van der Waals surface area contributed by atoms with Gasteiger partial charge in [-0.1, -0.05) is 0 Å². The molecule has 0 atom stereocenters. The number of amides is 1. The molecule has 0 saturated carbocycles. The minimum atomic E-state index is -0.0677. The Morgan fingerprint density at radius 2 is 2.03 bits per heavy atom. The van der Waals surface area contributed by atoms with Gasteiger partial charge in [-0.05, 0) is 38.4 Å². The first-order valence-electron chi connectivity index (χ1n) is 10.2. The lowest BCUT2D eigenvalue weighted by molar-refractivity contribution is 0.0951. The standard InChI is InChI=1S/C23H25N7O/c1-28(2)8-7-24-23(31)14-5-6-20-16(9-14)18(13-29(20)3)19-10-17-21-15(12-26-30(21)4)11-25-22(17)27-19/h5-6,9-13,26H,7-8H2,1-4H3,(H,24,31). The highest BCUT2D eigenvalue weighted by molar-refractivity contribution is 6.07. The van der Waals surface area contributed by atoms with Gasteiger partial charge < -0.3 is 19.9 Å². The molecule has 8 heteroatoms. The second-order valence-electron chi connectivity index (χ2n) is 8.22. The van der Waals surface area contributed by atoms with Crippen LogP contribution in [-0.4, -0.2) is 62.3 Å². The van der Waals surface area contributed by atoms with Crippen LogP contribution in [0.1, 0.15) is 10.4 Å². The fourth-order valence-corrected chi connectivity index (χ4v) is 4.11. The van der Waals surface area contributed by atoms with Gasteiger partial charge in [0.15, 0.2) is 5.65 Å². The van der Waals surface area contributed by atoms with Crippen LogP contribution in [0.4, 0.5) is 0 Å². The summed E-state index contributed by atoms with van der Waals surface area (Å²) in [5.74, 6) is -0.0677. The van der Waals surface area contributed by atoms with Gasteiger partial charge in [0.05, 0.1) is 11.2 Å². The molecule has 0 saturated heterocycles. The summed E-state index contributed by atoms with van der Waals surface area (Å²) in [6.07, 6.45) is 5.84. The number of aromatic amines is 1. The highest BCUT2D eigenvalue weighted by atomic mass is 16.1. The number of rotatable bonds is 5. The SMILES string of the molecule is CN(C)CCNC(=O)c1ccc2c(c1)c(-c1cc3c(ncc4c[nH]n(C)c43)n1)cn2C. The zero-order valence-corrected chi connectivity index (χ0v) is 18.1. The topological polar surface area (TPSA) is 83.8 Å². The molecule has 0 bridgehead atoms. The number of benzene rings is 1. The van der Waals surface area contributed by atoms with Crippen LogP contribution in [0.2, 0.25) is 0 Å². The third-order valence-corrected chi connectivity index (χ3v) is 5.72. The summed E-state index contributed by atoms with van der Waals surface area (Å²) in [5, 5.41) is 9.23. The fraction of sp³-hybridized carbons (Fsp3) is 0.261. The van der Waals surface area contributed by atoms with Crippen molar-refractivity contribution in [2.24, 2.45) is 14.1 Å². The summed E-state index contributed by atoms with van der Waals surface area (Å²) in [7, 11) is 7.96. The van der Waals surface area contributed by atoms with Crippen LogP contribution >= 0.6 is 0 Å². The van der Waals surface area contributed by atoms with Gasteiger partial charge >= 0.3 is 0 Å². The van der Waals surface area contributed by atoms with Gasteiger partial charge in [0.1, 0.15) is 0 Å². The van der Waals surface area contributed by atoms with Crippen LogP contribution in [0.15, 0.2) is 42.9 Å². The van der Waals surface area contributed by atoms with E-state index in [-0.39, 0.29) is 5.91 Å². The quantitative estimate of drug-likeness (QED) is 0.462. The van der Waals surface area contributed by atoms with E-state index in [9.17, 15) is 4.79 Å². The van der Waals surface area contributed by atoms with Gasteiger partial charge in [0, 0.05) is 78.6 Å². The number of carbonyl (C=O) groups is 1. The first kappa shape index (κ1) is 19.3. The van der Waals surface area contributed by atoms with Crippen molar-refractivity contribution in [2.45, 2.75) is 0 Å². The van der Waals surface area contributed by atoms with Crippen LogP contribution in [0.25, 0.3) is 44.1 Å². The number of aryl methyl sites for hydroxylation is 2. The molecule has 1 aromatic carbocycles. The molecular formula is C23H25N7O. The van der Waals surface area contributed by atoms with Crippen LogP contribution in [0.5, 0.6) is 0 Å². The Labute approximate surface area is 179 Å². The summed E-state index contributed by atoms with van der Waals surface area (Å²) in [6, 6.07) is 7.90. The molecule has 5 rings (SSSR count). The second kappa shape index (κ2) is 7.24. The van der Waals surface area contributed by atoms with Gasteiger partial charge in [0.25, 0.3) is 5.91 Å². The van der Waals surface area contributed by atoms with Gasteiger partial charge in [0.2, 0.25) is 0 Å². The second-order valence-corrected chi connectivity index (χ2v) is 8.22. The number of pyridine rings is 1. The van der Waals surface area contributed by atoms with E-state index in [0.717, 1.165) is 45.0 Å². The molecule has 8 nitrogen and oxygen atoms in total. The van der Waals surface area contributed by atoms with Gasteiger partial charge in [-0.15, -0.1) is 0 Å². The molecule has 0 aliphatic rings. The lowest BCUT2D eigenvalue weighted by Gasteiger charge is -2.10. The minimum absolute atomic E-state index is 0.0677. The summed E-state index contributed by atoms with van der Waals surface area (Å²) in [4.78, 5) is 24.0. The van der Waals surface area contributed by atoms with E-state index in [2.05, 4.69) is 32.2 Å². The Morgan fingerprint density at radius 3 is 2.84 bits per heavy atom. The van der Waals surface area contributed by atoms with Gasteiger partial charge in [-0.3, -0.25) is 9.48 Å². The van der Waals surface area contributed by atoms with Gasteiger partial charge in [-0.2, -0.15) is 0 Å². The van der Waals surface area contributed by atoms with E-state index in [1.807, 2.05) is 68.4 Å². The molecule has 4 heterocycles. The van der Waals surface area contributed by atoms with E-state index < -0.39 is 0 Å². The largest absolute Gasteiger partial charge is 0.351 e. The number of fused-ring (bicyclic) bond motifs is 4. The van der Waals surface area contributed by atoms with E-state index in [0.29, 0.717) is 17.8 Å². The number of nitrogens with one attached hydrogen (secondary N) is 2. The smallest absolute Gasteiger partial charge is 0.251 e. The lowest BCUT2D eigenvalue weighted by Crippen LogP contribution is -2.31. The molecule has 0 radical (unpaired) electrons. The molecule has 0 fully saturated rings. The first-order valence-corrected chi connectivity index (χ1v) is 10.2. The van der Waals surface area contributed by atoms with E-state index in [1.165, 1.54) is 0 Å². The van der Waals surface area contributed by atoms with E-state index in [1.54, 1.807) is 0 Å². The van der Waals surface area contributed by atoms with Crippen molar-refractivity contribution in [1.82, 2.24) is 34.5 Å².